The minimum Gasteiger partial charge on any atom is -0.374 e. The molecule has 0 aromatic heterocycles. The first-order chi connectivity index (χ1) is 27.7. The van der Waals surface area contributed by atoms with Crippen LogP contribution < -0.4 is 0 Å². The van der Waals surface area contributed by atoms with Gasteiger partial charge in [0.2, 0.25) is 0 Å². The van der Waals surface area contributed by atoms with Crippen LogP contribution in [0.5, 0.6) is 0 Å². The average Bonchev–Trinajstić information content (AvgIpc) is 3.86. The van der Waals surface area contributed by atoms with Crippen molar-refractivity contribution < 1.29 is 52.1 Å². The van der Waals surface area contributed by atoms with Crippen LogP contribution in [0.3, 0.4) is 0 Å². The van der Waals surface area contributed by atoms with E-state index in [0.29, 0.717) is 26.4 Å². The summed E-state index contributed by atoms with van der Waals surface area (Å²) < 4.78 is 72.0. The van der Waals surface area contributed by atoms with Gasteiger partial charge < -0.3 is 52.1 Å². The number of hydrogen-bond acceptors (Lipinski definition) is 11. The molecule has 0 aliphatic carbocycles. The molecule has 4 heterocycles. The molecule has 0 amide bonds. The molecule has 0 saturated carbocycles. The van der Waals surface area contributed by atoms with E-state index in [1.807, 2.05) is 149 Å². The predicted octanol–water partition coefficient (Wildman–Crippen LogP) is 7.10. The summed E-state index contributed by atoms with van der Waals surface area (Å²) in [6.07, 6.45) is -5.90. The lowest BCUT2D eigenvalue weighted by molar-refractivity contribution is -0.263. The molecule has 4 aromatic carbocycles. The van der Waals surface area contributed by atoms with Gasteiger partial charge in [-0.05, 0) is 49.9 Å². The van der Waals surface area contributed by atoms with Crippen molar-refractivity contribution >= 4 is 0 Å². The van der Waals surface area contributed by atoms with E-state index in [2.05, 4.69) is 0 Å². The fourth-order valence-electron chi connectivity index (χ4n) is 7.88. The second-order valence-corrected chi connectivity index (χ2v) is 15.9. The van der Waals surface area contributed by atoms with Crippen molar-refractivity contribution in [2.24, 2.45) is 0 Å². The van der Waals surface area contributed by atoms with Gasteiger partial charge in [-0.1, -0.05) is 121 Å². The predicted molar refractivity (Wildman–Crippen MR) is 208 cm³/mol. The van der Waals surface area contributed by atoms with Crippen molar-refractivity contribution in [1.29, 1.82) is 0 Å². The van der Waals surface area contributed by atoms with Crippen LogP contribution in [0.4, 0.5) is 0 Å². The molecule has 1 unspecified atom stereocenters. The zero-order valence-electron chi connectivity index (χ0n) is 33.1. The first kappa shape index (κ1) is 40.2. The van der Waals surface area contributed by atoms with Crippen molar-refractivity contribution in [3.05, 3.63) is 144 Å². The van der Waals surface area contributed by atoms with E-state index in [4.69, 9.17) is 52.1 Å². The minimum absolute atomic E-state index is 0.0989. The average molecular weight is 783 g/mol. The quantitative estimate of drug-likeness (QED) is 0.110. The summed E-state index contributed by atoms with van der Waals surface area (Å²) in [5.74, 6) is -1.69. The Kier molecular flexibility index (Phi) is 12.8. The summed E-state index contributed by atoms with van der Waals surface area (Å²) in [6.45, 7) is 9.25. The van der Waals surface area contributed by atoms with Gasteiger partial charge in [0, 0.05) is 0 Å². The Hall–Kier alpha value is -3.56. The SMILES string of the molecule is CC1(C)O[C@H]2[C@@H](O1)[C@@H](COC1O[C@H]([C@@H](COCc3ccccc3)OCc3ccccc3)[C@H](OCc3ccccc3)[C@@H]1OCc1ccccc1)O[C@@H]1OC(C)(C)O[C@@H]12. The van der Waals surface area contributed by atoms with E-state index in [0.717, 1.165) is 22.3 Å². The van der Waals surface area contributed by atoms with Crippen LogP contribution in [0.1, 0.15) is 49.9 Å². The van der Waals surface area contributed by atoms with Gasteiger partial charge in [-0.25, -0.2) is 0 Å². The highest BCUT2D eigenvalue weighted by molar-refractivity contribution is 5.16. The van der Waals surface area contributed by atoms with Gasteiger partial charge in [0.05, 0.1) is 39.6 Å². The molecule has 57 heavy (non-hydrogen) atoms. The zero-order valence-corrected chi connectivity index (χ0v) is 33.1. The van der Waals surface area contributed by atoms with Gasteiger partial charge in [-0.2, -0.15) is 0 Å². The van der Waals surface area contributed by atoms with Crippen LogP contribution in [0.2, 0.25) is 0 Å². The fourth-order valence-corrected chi connectivity index (χ4v) is 7.88. The summed E-state index contributed by atoms with van der Waals surface area (Å²) in [5, 5.41) is 0. The largest absolute Gasteiger partial charge is 0.374 e. The Morgan fingerprint density at radius 2 is 1.00 bits per heavy atom. The van der Waals surface area contributed by atoms with Crippen LogP contribution in [0, 0.1) is 0 Å². The number of ether oxygens (including phenoxy) is 11. The molecule has 0 N–H and O–H groups in total. The summed E-state index contributed by atoms with van der Waals surface area (Å²) in [6, 6.07) is 40.2. The Balaban J connectivity index is 1.07. The first-order valence-corrected chi connectivity index (χ1v) is 19.9. The molecular weight excluding hydrogens is 728 g/mol. The van der Waals surface area contributed by atoms with Crippen LogP contribution in [-0.2, 0) is 78.5 Å². The third-order valence-electron chi connectivity index (χ3n) is 10.5. The number of hydrogen-bond donors (Lipinski definition) is 0. The lowest BCUT2D eigenvalue weighted by Crippen LogP contribution is -2.56. The van der Waals surface area contributed by atoms with E-state index in [9.17, 15) is 0 Å². The molecule has 0 bridgehead atoms. The summed E-state index contributed by atoms with van der Waals surface area (Å²) >= 11 is 0. The van der Waals surface area contributed by atoms with Gasteiger partial charge >= 0.3 is 0 Å². The van der Waals surface area contributed by atoms with Gasteiger partial charge in [0.15, 0.2) is 24.2 Å². The molecule has 11 heteroatoms. The highest BCUT2D eigenvalue weighted by Gasteiger charge is 2.61. The fraction of sp³-hybridized carbons (Fsp3) is 0.478. The smallest absolute Gasteiger partial charge is 0.190 e. The topological polar surface area (TPSA) is 102 Å². The molecular formula is C46H54O11. The molecule has 8 rings (SSSR count). The van der Waals surface area contributed by atoms with Crippen molar-refractivity contribution in [2.45, 2.75) is 127 Å². The van der Waals surface area contributed by atoms with Gasteiger partial charge in [-0.3, -0.25) is 0 Å². The molecule has 0 spiro atoms. The third-order valence-corrected chi connectivity index (χ3v) is 10.5. The monoisotopic (exact) mass is 782 g/mol. The molecule has 4 fully saturated rings. The molecule has 4 saturated heterocycles. The van der Waals surface area contributed by atoms with Crippen molar-refractivity contribution in [3.8, 4) is 0 Å². The minimum atomic E-state index is -0.872. The lowest BCUT2D eigenvalue weighted by atomic mass is 9.99. The van der Waals surface area contributed by atoms with Crippen LogP contribution in [-0.4, -0.2) is 86.2 Å². The molecule has 304 valence electrons. The summed E-state index contributed by atoms with van der Waals surface area (Å²) in [4.78, 5) is 0. The van der Waals surface area contributed by atoms with Crippen molar-refractivity contribution in [3.63, 3.8) is 0 Å². The van der Waals surface area contributed by atoms with Crippen molar-refractivity contribution in [2.75, 3.05) is 13.2 Å². The number of rotatable bonds is 17. The maximum atomic E-state index is 6.92. The molecule has 4 aromatic rings. The summed E-state index contributed by atoms with van der Waals surface area (Å²) in [5.41, 5.74) is 4.11. The van der Waals surface area contributed by atoms with Gasteiger partial charge in [-0.15, -0.1) is 0 Å². The number of benzene rings is 4. The zero-order chi connectivity index (χ0) is 39.2. The van der Waals surface area contributed by atoms with E-state index in [-0.39, 0.29) is 13.2 Å². The Morgan fingerprint density at radius 3 is 1.60 bits per heavy atom. The van der Waals surface area contributed by atoms with Crippen molar-refractivity contribution in [1.82, 2.24) is 0 Å². The molecule has 4 aliphatic rings. The Morgan fingerprint density at radius 1 is 0.509 bits per heavy atom. The van der Waals surface area contributed by atoms with E-state index in [1.54, 1.807) is 0 Å². The first-order valence-electron chi connectivity index (χ1n) is 19.9. The molecule has 10 atom stereocenters. The molecule has 0 radical (unpaired) electrons. The molecule has 11 nitrogen and oxygen atoms in total. The van der Waals surface area contributed by atoms with Crippen LogP contribution >= 0.6 is 0 Å². The maximum absolute atomic E-state index is 6.92. The van der Waals surface area contributed by atoms with E-state index >= 15 is 0 Å². The normalized spacial score (nSPS) is 30.5. The second kappa shape index (κ2) is 18.1. The van der Waals surface area contributed by atoms with E-state index < -0.39 is 73.0 Å². The highest BCUT2D eigenvalue weighted by atomic mass is 16.9. The lowest BCUT2D eigenvalue weighted by Gasteiger charge is -2.37. The van der Waals surface area contributed by atoms with Crippen LogP contribution in [0.25, 0.3) is 0 Å². The van der Waals surface area contributed by atoms with E-state index in [1.165, 1.54) is 0 Å². The second-order valence-electron chi connectivity index (χ2n) is 15.9. The highest BCUT2D eigenvalue weighted by Crippen LogP contribution is 2.44. The Bertz CT molecular complexity index is 1810. The number of fused-ring (bicyclic) bond motifs is 3. The Labute approximate surface area is 335 Å². The molecule has 4 aliphatic heterocycles. The standard InChI is InChI=1S/C46H54O11/c1-45(2)54-38-36(52-44-42(40(38)55-45)56-46(3,4)57-44)30-51-43-41(50-28-34-23-15-8-16-24-34)39(49-27-33-21-13-7-14-22-33)37(53-43)35(48-26-32-19-11-6-12-20-32)29-47-25-31-17-9-5-10-18-31/h5-24,35-44H,25-30H2,1-4H3/t35-,36-,37-,38+,39+,40+,41+,42-,43?,44-/m1/s1. The summed E-state index contributed by atoms with van der Waals surface area (Å²) in [7, 11) is 0. The van der Waals surface area contributed by atoms with Crippen LogP contribution in [0.15, 0.2) is 121 Å². The van der Waals surface area contributed by atoms with Gasteiger partial charge in [0.25, 0.3) is 0 Å². The van der Waals surface area contributed by atoms with Gasteiger partial charge in [0.1, 0.15) is 48.8 Å². The third kappa shape index (κ3) is 10.2. The maximum Gasteiger partial charge on any atom is 0.190 e.